The molecule has 6 nitrogen and oxygen atoms in total. The molecule has 1 rings (SSSR count). The van der Waals surface area contributed by atoms with Gasteiger partial charge in [0.25, 0.3) is 10.2 Å². The Balaban J connectivity index is 2.76. The average molecular weight is 246 g/mol. The van der Waals surface area contributed by atoms with Crippen molar-refractivity contribution in [2.75, 3.05) is 20.1 Å². The van der Waals surface area contributed by atoms with Crippen molar-refractivity contribution in [1.29, 1.82) is 0 Å². The molecular weight excluding hydrogens is 228 g/mol. The van der Waals surface area contributed by atoms with E-state index in [9.17, 15) is 8.42 Å². The zero-order valence-electron chi connectivity index (χ0n) is 9.84. The molecule has 0 aliphatic heterocycles. The number of H-pyrrole nitrogens is 1. The number of aromatic amines is 1. The Morgan fingerprint density at radius 3 is 2.44 bits per heavy atom. The van der Waals surface area contributed by atoms with E-state index in [1.807, 2.05) is 13.8 Å². The molecule has 0 saturated carbocycles. The average Bonchev–Trinajstić information content (AvgIpc) is 2.71. The van der Waals surface area contributed by atoms with Crippen LogP contribution in [0.15, 0.2) is 12.4 Å². The first-order chi connectivity index (χ1) is 7.52. The maximum Gasteiger partial charge on any atom is 0.282 e. The molecule has 1 heterocycles. The number of imidazole rings is 1. The van der Waals surface area contributed by atoms with Crippen molar-refractivity contribution in [3.63, 3.8) is 0 Å². The highest BCUT2D eigenvalue weighted by Gasteiger charge is 2.24. The minimum Gasteiger partial charge on any atom is -0.347 e. The third-order valence-corrected chi connectivity index (χ3v) is 4.44. The summed E-state index contributed by atoms with van der Waals surface area (Å²) in [6, 6.07) is 0. The van der Waals surface area contributed by atoms with Gasteiger partial charge in [0.15, 0.2) is 0 Å². The van der Waals surface area contributed by atoms with Crippen LogP contribution in [0.25, 0.3) is 0 Å². The highest BCUT2D eigenvalue weighted by Crippen LogP contribution is 2.08. The molecule has 0 bridgehead atoms. The highest BCUT2D eigenvalue weighted by molar-refractivity contribution is 7.86. The van der Waals surface area contributed by atoms with Crippen molar-refractivity contribution in [2.45, 2.75) is 20.4 Å². The minimum atomic E-state index is -3.37. The molecule has 0 spiro atoms. The normalized spacial score (nSPS) is 12.6. The van der Waals surface area contributed by atoms with Crippen molar-refractivity contribution < 1.29 is 8.42 Å². The van der Waals surface area contributed by atoms with Gasteiger partial charge in [-0.25, -0.2) is 4.98 Å². The summed E-state index contributed by atoms with van der Waals surface area (Å²) >= 11 is 0. The second-order valence-electron chi connectivity index (χ2n) is 3.38. The molecule has 0 unspecified atom stereocenters. The molecule has 0 fully saturated rings. The van der Waals surface area contributed by atoms with Crippen LogP contribution in [0.5, 0.6) is 0 Å². The van der Waals surface area contributed by atoms with E-state index in [2.05, 4.69) is 9.97 Å². The van der Waals surface area contributed by atoms with Crippen molar-refractivity contribution in [1.82, 2.24) is 18.6 Å². The van der Waals surface area contributed by atoms with Crippen LogP contribution < -0.4 is 0 Å². The SMILES string of the molecule is CCN(CC)S(=O)(=O)N(C)Cc1ncc[nH]1. The molecule has 0 radical (unpaired) electrons. The fourth-order valence-corrected chi connectivity index (χ4v) is 2.76. The molecule has 7 heteroatoms. The third-order valence-electron chi connectivity index (χ3n) is 2.35. The van der Waals surface area contributed by atoms with Gasteiger partial charge in [-0.1, -0.05) is 13.8 Å². The lowest BCUT2D eigenvalue weighted by molar-refractivity contribution is 0.371. The zero-order chi connectivity index (χ0) is 12.2. The zero-order valence-corrected chi connectivity index (χ0v) is 10.7. The molecule has 0 aromatic carbocycles. The lowest BCUT2D eigenvalue weighted by atomic mass is 10.6. The van der Waals surface area contributed by atoms with E-state index in [-0.39, 0.29) is 6.54 Å². The maximum atomic E-state index is 12.0. The molecule has 0 amide bonds. The second kappa shape index (κ2) is 5.42. The molecule has 0 atom stereocenters. The largest absolute Gasteiger partial charge is 0.347 e. The van der Waals surface area contributed by atoms with E-state index in [1.165, 1.54) is 8.61 Å². The van der Waals surface area contributed by atoms with E-state index in [4.69, 9.17) is 0 Å². The van der Waals surface area contributed by atoms with Crippen LogP contribution in [0.1, 0.15) is 19.7 Å². The quantitative estimate of drug-likeness (QED) is 0.791. The van der Waals surface area contributed by atoms with Crippen LogP contribution in [-0.4, -0.2) is 47.1 Å². The molecule has 1 N–H and O–H groups in total. The third kappa shape index (κ3) is 2.81. The molecule has 0 saturated heterocycles. The smallest absolute Gasteiger partial charge is 0.282 e. The van der Waals surface area contributed by atoms with Crippen molar-refractivity contribution in [3.8, 4) is 0 Å². The summed E-state index contributed by atoms with van der Waals surface area (Å²) in [6.07, 6.45) is 3.28. The minimum absolute atomic E-state index is 0.256. The summed E-state index contributed by atoms with van der Waals surface area (Å²) in [5.41, 5.74) is 0. The van der Waals surface area contributed by atoms with E-state index >= 15 is 0 Å². The summed E-state index contributed by atoms with van der Waals surface area (Å²) in [5.74, 6) is 0.637. The Kier molecular flexibility index (Phi) is 4.45. The first-order valence-electron chi connectivity index (χ1n) is 5.22. The summed E-state index contributed by atoms with van der Waals surface area (Å²) in [6.45, 7) is 4.85. The fourth-order valence-electron chi connectivity index (χ4n) is 1.42. The number of aromatic nitrogens is 2. The van der Waals surface area contributed by atoms with E-state index < -0.39 is 10.2 Å². The van der Waals surface area contributed by atoms with Gasteiger partial charge in [0.2, 0.25) is 0 Å². The van der Waals surface area contributed by atoms with Crippen LogP contribution >= 0.6 is 0 Å². The van der Waals surface area contributed by atoms with Gasteiger partial charge in [0, 0.05) is 32.5 Å². The van der Waals surface area contributed by atoms with E-state index in [0.717, 1.165) is 0 Å². The van der Waals surface area contributed by atoms with Crippen LogP contribution in [0.2, 0.25) is 0 Å². The maximum absolute atomic E-state index is 12.0. The number of nitrogens with one attached hydrogen (secondary N) is 1. The van der Waals surface area contributed by atoms with Crippen molar-refractivity contribution >= 4 is 10.2 Å². The Morgan fingerprint density at radius 2 is 2.00 bits per heavy atom. The van der Waals surface area contributed by atoms with Gasteiger partial charge in [-0.15, -0.1) is 0 Å². The van der Waals surface area contributed by atoms with Crippen LogP contribution in [0.3, 0.4) is 0 Å². The van der Waals surface area contributed by atoms with Gasteiger partial charge in [0.05, 0.1) is 6.54 Å². The monoisotopic (exact) mass is 246 g/mol. The Labute approximate surface area is 96.5 Å². The van der Waals surface area contributed by atoms with Gasteiger partial charge in [-0.3, -0.25) is 0 Å². The molecule has 0 aliphatic rings. The predicted molar refractivity (Wildman–Crippen MR) is 61.9 cm³/mol. The number of nitrogens with zero attached hydrogens (tertiary/aromatic N) is 3. The summed E-state index contributed by atoms with van der Waals surface area (Å²) in [7, 11) is -1.82. The van der Waals surface area contributed by atoms with Crippen LogP contribution in [-0.2, 0) is 16.8 Å². The lowest BCUT2D eigenvalue weighted by Gasteiger charge is -2.24. The van der Waals surface area contributed by atoms with E-state index in [1.54, 1.807) is 19.4 Å². The Hall–Kier alpha value is -0.920. The van der Waals surface area contributed by atoms with Gasteiger partial charge < -0.3 is 4.98 Å². The van der Waals surface area contributed by atoms with Gasteiger partial charge in [-0.05, 0) is 0 Å². The fraction of sp³-hybridized carbons (Fsp3) is 0.667. The molecule has 16 heavy (non-hydrogen) atoms. The van der Waals surface area contributed by atoms with Crippen LogP contribution in [0, 0.1) is 0 Å². The second-order valence-corrected chi connectivity index (χ2v) is 5.42. The molecular formula is C9H18N4O2S. The van der Waals surface area contributed by atoms with E-state index in [0.29, 0.717) is 18.9 Å². The number of rotatable bonds is 6. The van der Waals surface area contributed by atoms with Gasteiger partial charge in [0.1, 0.15) is 5.82 Å². The van der Waals surface area contributed by atoms with Gasteiger partial charge >= 0.3 is 0 Å². The van der Waals surface area contributed by atoms with Crippen molar-refractivity contribution in [3.05, 3.63) is 18.2 Å². The first kappa shape index (κ1) is 13.1. The summed E-state index contributed by atoms with van der Waals surface area (Å²) in [4.78, 5) is 6.88. The lowest BCUT2D eigenvalue weighted by Crippen LogP contribution is -2.41. The highest BCUT2D eigenvalue weighted by atomic mass is 32.2. The summed E-state index contributed by atoms with van der Waals surface area (Å²) in [5, 5.41) is 0. The number of hydrogen-bond donors (Lipinski definition) is 1. The van der Waals surface area contributed by atoms with Crippen LogP contribution in [0.4, 0.5) is 0 Å². The number of hydrogen-bond acceptors (Lipinski definition) is 3. The first-order valence-corrected chi connectivity index (χ1v) is 6.61. The predicted octanol–water partition coefficient (Wildman–Crippen LogP) is 0.428. The molecule has 1 aromatic heterocycles. The summed E-state index contributed by atoms with van der Waals surface area (Å²) < 4.78 is 26.8. The molecule has 1 aromatic rings. The standard InChI is InChI=1S/C9H18N4O2S/c1-4-13(5-2)16(14,15)12(3)8-9-10-6-7-11-9/h6-7H,4-5,8H2,1-3H3,(H,10,11). The van der Waals surface area contributed by atoms with Gasteiger partial charge in [-0.2, -0.15) is 17.0 Å². The molecule has 0 aliphatic carbocycles. The molecule has 92 valence electrons. The topological polar surface area (TPSA) is 69.3 Å². The Morgan fingerprint density at radius 1 is 1.38 bits per heavy atom. The Bertz CT molecular complexity index is 397. The van der Waals surface area contributed by atoms with Crippen molar-refractivity contribution in [2.24, 2.45) is 0 Å².